The van der Waals surface area contributed by atoms with Gasteiger partial charge in [-0.15, -0.1) is 11.3 Å². The third kappa shape index (κ3) is 3.46. The van der Waals surface area contributed by atoms with Crippen LogP contribution >= 0.6 is 27.3 Å². The summed E-state index contributed by atoms with van der Waals surface area (Å²) in [7, 11) is 0. The SMILES string of the molecule is Cc1csc2nc(CNc3ncnc(N)c3C(=N)Br)n(-c3ccccc3F)c(=O)c12. The summed E-state index contributed by atoms with van der Waals surface area (Å²) >= 11 is 4.43. The molecule has 1 aromatic carbocycles. The molecule has 0 saturated carbocycles. The molecule has 0 atom stereocenters. The number of fused-ring (bicyclic) bond motifs is 1. The number of nitrogen functional groups attached to an aromatic ring is 1. The third-order valence-electron chi connectivity index (χ3n) is 4.46. The summed E-state index contributed by atoms with van der Waals surface area (Å²) in [6.07, 6.45) is 1.26. The number of hydrogen-bond donors (Lipinski definition) is 3. The predicted octanol–water partition coefficient (Wildman–Crippen LogP) is 3.60. The normalized spacial score (nSPS) is 11.0. The molecule has 0 fully saturated rings. The monoisotopic (exact) mass is 487 g/mol. The van der Waals surface area contributed by atoms with Gasteiger partial charge in [0, 0.05) is 0 Å². The van der Waals surface area contributed by atoms with E-state index in [4.69, 9.17) is 11.1 Å². The molecule has 0 unspecified atom stereocenters. The van der Waals surface area contributed by atoms with Crippen molar-refractivity contribution in [2.45, 2.75) is 13.5 Å². The fraction of sp³-hybridized carbons (Fsp3) is 0.105. The number of hydrogen-bond acceptors (Lipinski definition) is 8. The van der Waals surface area contributed by atoms with Crippen LogP contribution in [0.5, 0.6) is 0 Å². The Balaban J connectivity index is 1.87. The second-order valence-electron chi connectivity index (χ2n) is 6.37. The van der Waals surface area contributed by atoms with E-state index in [9.17, 15) is 9.18 Å². The van der Waals surface area contributed by atoms with Crippen LogP contribution in [-0.4, -0.2) is 24.1 Å². The van der Waals surface area contributed by atoms with Crippen LogP contribution < -0.4 is 16.6 Å². The number of aromatic nitrogens is 4. The molecule has 0 aliphatic carbocycles. The molecule has 30 heavy (non-hydrogen) atoms. The van der Waals surface area contributed by atoms with Gasteiger partial charge >= 0.3 is 0 Å². The average Bonchev–Trinajstić information content (AvgIpc) is 3.08. The van der Waals surface area contributed by atoms with Gasteiger partial charge in [0.2, 0.25) is 0 Å². The second-order valence-corrected chi connectivity index (χ2v) is 8.02. The molecule has 0 spiro atoms. The second kappa shape index (κ2) is 7.92. The minimum Gasteiger partial charge on any atom is -0.383 e. The van der Waals surface area contributed by atoms with Gasteiger partial charge in [-0.05, 0) is 45.9 Å². The van der Waals surface area contributed by atoms with E-state index in [0.717, 1.165) is 5.56 Å². The highest BCUT2D eigenvalue weighted by Gasteiger charge is 2.19. The number of nitrogens with one attached hydrogen (secondary N) is 2. The van der Waals surface area contributed by atoms with E-state index in [2.05, 4.69) is 36.2 Å². The van der Waals surface area contributed by atoms with E-state index < -0.39 is 5.82 Å². The highest BCUT2D eigenvalue weighted by atomic mass is 79.9. The van der Waals surface area contributed by atoms with E-state index in [1.54, 1.807) is 12.1 Å². The van der Waals surface area contributed by atoms with Crippen LogP contribution in [0.25, 0.3) is 15.9 Å². The van der Waals surface area contributed by atoms with Crippen molar-refractivity contribution in [2.75, 3.05) is 11.1 Å². The zero-order valence-electron chi connectivity index (χ0n) is 15.6. The number of halogens is 2. The van der Waals surface area contributed by atoms with Crippen LogP contribution in [-0.2, 0) is 6.54 Å². The van der Waals surface area contributed by atoms with Crippen molar-refractivity contribution in [3.63, 3.8) is 0 Å². The van der Waals surface area contributed by atoms with Crippen molar-refractivity contribution in [1.82, 2.24) is 19.5 Å². The minimum atomic E-state index is -0.538. The quantitative estimate of drug-likeness (QED) is 0.369. The van der Waals surface area contributed by atoms with Gasteiger partial charge in [0.1, 0.15) is 39.1 Å². The molecule has 4 rings (SSSR count). The van der Waals surface area contributed by atoms with E-state index in [-0.39, 0.29) is 33.8 Å². The van der Waals surface area contributed by atoms with Gasteiger partial charge < -0.3 is 11.1 Å². The fourth-order valence-electron chi connectivity index (χ4n) is 3.08. The molecule has 0 amide bonds. The summed E-state index contributed by atoms with van der Waals surface area (Å²) in [5.41, 5.74) is 6.68. The first-order valence-electron chi connectivity index (χ1n) is 8.72. The Kier molecular flexibility index (Phi) is 5.31. The van der Waals surface area contributed by atoms with E-state index in [0.29, 0.717) is 21.9 Å². The molecule has 8 nitrogen and oxygen atoms in total. The summed E-state index contributed by atoms with van der Waals surface area (Å²) in [4.78, 5) is 26.5. The van der Waals surface area contributed by atoms with E-state index in [1.165, 1.54) is 34.4 Å². The lowest BCUT2D eigenvalue weighted by Crippen LogP contribution is -2.26. The Morgan fingerprint density at radius 2 is 2.13 bits per heavy atom. The standard InChI is InChI=1S/C19H15BrFN7OS/c1-9-7-30-18-13(9)19(29)28(11-5-3-2-4-10(11)21)12(27-18)6-24-17-14(15(20)22)16(23)25-8-26-17/h2-5,7-8,22H,6H2,1H3,(H3,23,24,25,26). The van der Waals surface area contributed by atoms with Crippen molar-refractivity contribution in [3.8, 4) is 5.69 Å². The topological polar surface area (TPSA) is 123 Å². The van der Waals surface area contributed by atoms with Crippen LogP contribution in [0, 0.1) is 18.2 Å². The van der Waals surface area contributed by atoms with Crippen molar-refractivity contribution in [3.05, 3.63) is 69.1 Å². The molecule has 3 heterocycles. The van der Waals surface area contributed by atoms with Crippen LogP contribution in [0.1, 0.15) is 17.0 Å². The van der Waals surface area contributed by atoms with Gasteiger partial charge in [0.15, 0.2) is 0 Å². The number of aryl methyl sites for hydroxylation is 1. The average molecular weight is 488 g/mol. The van der Waals surface area contributed by atoms with E-state index >= 15 is 0 Å². The van der Waals surface area contributed by atoms with Crippen molar-refractivity contribution in [2.24, 2.45) is 0 Å². The Morgan fingerprint density at radius 3 is 2.87 bits per heavy atom. The molecule has 11 heteroatoms. The molecule has 0 bridgehead atoms. The minimum absolute atomic E-state index is 0.00638. The summed E-state index contributed by atoms with van der Waals surface area (Å²) in [5.74, 6) is 0.173. The lowest BCUT2D eigenvalue weighted by atomic mass is 10.2. The smallest absolute Gasteiger partial charge is 0.267 e. The van der Waals surface area contributed by atoms with Gasteiger partial charge in [0.05, 0.1) is 23.2 Å². The van der Waals surface area contributed by atoms with Gasteiger partial charge in [-0.2, -0.15) is 0 Å². The largest absolute Gasteiger partial charge is 0.383 e. The maximum absolute atomic E-state index is 14.6. The molecular formula is C19H15BrFN7OS. The van der Waals surface area contributed by atoms with Crippen molar-refractivity contribution >= 4 is 53.7 Å². The van der Waals surface area contributed by atoms with Gasteiger partial charge in [-0.25, -0.2) is 19.3 Å². The lowest BCUT2D eigenvalue weighted by molar-refractivity contribution is 0.612. The summed E-state index contributed by atoms with van der Waals surface area (Å²) in [6, 6.07) is 6.03. The number of nitrogens with zero attached hydrogens (tertiary/aromatic N) is 4. The molecule has 0 aliphatic rings. The van der Waals surface area contributed by atoms with Crippen molar-refractivity contribution < 1.29 is 4.39 Å². The summed E-state index contributed by atoms with van der Waals surface area (Å²) in [5, 5.41) is 13.2. The molecule has 0 aliphatic heterocycles. The molecule has 4 N–H and O–H groups in total. The fourth-order valence-corrected chi connectivity index (χ4v) is 4.40. The molecule has 0 saturated heterocycles. The van der Waals surface area contributed by atoms with Gasteiger partial charge in [-0.3, -0.25) is 14.8 Å². The molecule has 4 aromatic rings. The highest BCUT2D eigenvalue weighted by Crippen LogP contribution is 2.24. The number of nitrogens with two attached hydrogens (primary N) is 1. The first kappa shape index (κ1) is 20.1. The third-order valence-corrected chi connectivity index (χ3v) is 5.85. The number of rotatable bonds is 5. The molecule has 3 aromatic heterocycles. The van der Waals surface area contributed by atoms with Gasteiger partial charge in [0.25, 0.3) is 5.56 Å². The Labute approximate surface area is 182 Å². The van der Waals surface area contributed by atoms with E-state index in [1.807, 2.05) is 12.3 Å². The zero-order valence-corrected chi connectivity index (χ0v) is 18.0. The first-order chi connectivity index (χ1) is 14.4. The number of benzene rings is 1. The Morgan fingerprint density at radius 1 is 1.37 bits per heavy atom. The Bertz CT molecular complexity index is 1350. The Hall–Kier alpha value is -3.18. The number of thiophene rings is 1. The van der Waals surface area contributed by atoms with Gasteiger partial charge in [-0.1, -0.05) is 12.1 Å². The zero-order chi connectivity index (χ0) is 21.4. The number of anilines is 2. The maximum atomic E-state index is 14.6. The van der Waals surface area contributed by atoms with Crippen LogP contribution in [0.4, 0.5) is 16.0 Å². The molecular weight excluding hydrogens is 473 g/mol. The first-order valence-corrected chi connectivity index (χ1v) is 10.4. The van der Waals surface area contributed by atoms with Crippen molar-refractivity contribution in [1.29, 1.82) is 5.41 Å². The summed E-state index contributed by atoms with van der Waals surface area (Å²) in [6.45, 7) is 1.86. The summed E-state index contributed by atoms with van der Waals surface area (Å²) < 4.78 is 15.8. The molecule has 0 radical (unpaired) electrons. The lowest BCUT2D eigenvalue weighted by Gasteiger charge is -2.15. The predicted molar refractivity (Wildman–Crippen MR) is 119 cm³/mol. The highest BCUT2D eigenvalue weighted by molar-refractivity contribution is 9.18. The van der Waals surface area contributed by atoms with Crippen LogP contribution in [0.15, 0.2) is 40.8 Å². The maximum Gasteiger partial charge on any atom is 0.267 e. The number of para-hydroxylation sites is 1. The van der Waals surface area contributed by atoms with Crippen LogP contribution in [0.2, 0.25) is 0 Å². The van der Waals surface area contributed by atoms with Crippen LogP contribution in [0.3, 0.4) is 0 Å². The molecule has 152 valence electrons.